The van der Waals surface area contributed by atoms with E-state index in [0.29, 0.717) is 11.4 Å². The highest BCUT2D eigenvalue weighted by Gasteiger charge is 2.25. The number of amides is 1. The van der Waals surface area contributed by atoms with Crippen molar-refractivity contribution in [3.63, 3.8) is 0 Å². The van der Waals surface area contributed by atoms with Gasteiger partial charge >= 0.3 is 0 Å². The van der Waals surface area contributed by atoms with Crippen LogP contribution in [0.3, 0.4) is 0 Å². The molecule has 4 aromatic rings. The van der Waals surface area contributed by atoms with E-state index in [4.69, 9.17) is 10.5 Å². The van der Waals surface area contributed by atoms with Gasteiger partial charge in [-0.25, -0.2) is 14.7 Å². The maximum Gasteiger partial charge on any atom is 0.281 e. The summed E-state index contributed by atoms with van der Waals surface area (Å²) in [4.78, 5) is 23.8. The van der Waals surface area contributed by atoms with Crippen molar-refractivity contribution in [3.05, 3.63) is 94.5 Å². The van der Waals surface area contributed by atoms with Crippen molar-refractivity contribution in [2.75, 3.05) is 19.8 Å². The summed E-state index contributed by atoms with van der Waals surface area (Å²) in [5.74, 6) is -0.367. The number of sulfonamides is 1. The highest BCUT2D eigenvalue weighted by atomic mass is 32.2. The molecule has 202 valence electrons. The van der Waals surface area contributed by atoms with Crippen LogP contribution >= 0.6 is 0 Å². The first-order valence-corrected chi connectivity index (χ1v) is 13.7. The molecule has 2 aromatic carbocycles. The van der Waals surface area contributed by atoms with Gasteiger partial charge in [0.05, 0.1) is 5.69 Å². The number of nitrogens with two attached hydrogens (primary N) is 1. The minimum Gasteiger partial charge on any atom is -0.438 e. The van der Waals surface area contributed by atoms with E-state index in [1.165, 1.54) is 24.3 Å². The summed E-state index contributed by atoms with van der Waals surface area (Å²) in [5.41, 5.74) is 10.9. The van der Waals surface area contributed by atoms with Crippen LogP contribution in [0.5, 0.6) is 11.6 Å². The molecule has 0 saturated heterocycles. The predicted octanol–water partition coefficient (Wildman–Crippen LogP) is 4.62. The SMILES string of the molecule is Cc1cc(C)c(Oc2nc(-c3ccc(CN(C)C)cc3)ccc2C(=O)NS(=O)(=O)c2cccc(N)n2)c(C)c1. The minimum absolute atomic E-state index is 0.0160. The van der Waals surface area contributed by atoms with Gasteiger partial charge < -0.3 is 15.4 Å². The van der Waals surface area contributed by atoms with E-state index in [0.717, 1.165) is 34.4 Å². The third kappa shape index (κ3) is 6.60. The summed E-state index contributed by atoms with van der Waals surface area (Å²) < 4.78 is 34.0. The summed E-state index contributed by atoms with van der Waals surface area (Å²) in [5, 5.41) is -0.370. The third-order valence-electron chi connectivity index (χ3n) is 5.90. The number of rotatable bonds is 8. The Hall–Kier alpha value is -4.28. The normalized spacial score (nSPS) is 11.4. The summed E-state index contributed by atoms with van der Waals surface area (Å²) in [6.45, 7) is 6.58. The lowest BCUT2D eigenvalue weighted by atomic mass is 10.1. The van der Waals surface area contributed by atoms with Gasteiger partial charge in [0.15, 0.2) is 5.03 Å². The van der Waals surface area contributed by atoms with E-state index < -0.39 is 15.9 Å². The molecule has 39 heavy (non-hydrogen) atoms. The maximum atomic E-state index is 13.3. The van der Waals surface area contributed by atoms with Crippen LogP contribution in [0.25, 0.3) is 11.3 Å². The van der Waals surface area contributed by atoms with Crippen LogP contribution in [0.2, 0.25) is 0 Å². The number of nitrogen functional groups attached to an aromatic ring is 1. The van der Waals surface area contributed by atoms with Gasteiger partial charge in [0.2, 0.25) is 5.88 Å². The van der Waals surface area contributed by atoms with E-state index in [2.05, 4.69) is 19.6 Å². The van der Waals surface area contributed by atoms with Crippen LogP contribution in [-0.2, 0) is 16.6 Å². The summed E-state index contributed by atoms with van der Waals surface area (Å²) in [6, 6.07) is 19.2. The molecule has 0 spiro atoms. The average Bonchev–Trinajstić information content (AvgIpc) is 2.86. The highest BCUT2D eigenvalue weighted by molar-refractivity contribution is 7.90. The number of nitrogens with one attached hydrogen (secondary N) is 1. The molecule has 0 atom stereocenters. The van der Waals surface area contributed by atoms with Gasteiger partial charge in [-0.3, -0.25) is 4.79 Å². The first kappa shape index (κ1) is 27.7. The molecule has 10 heteroatoms. The Morgan fingerprint density at radius 3 is 2.23 bits per heavy atom. The Balaban J connectivity index is 1.74. The third-order valence-corrected chi connectivity index (χ3v) is 7.14. The molecule has 2 aromatic heterocycles. The zero-order valence-corrected chi connectivity index (χ0v) is 23.3. The number of hydrogen-bond acceptors (Lipinski definition) is 8. The van der Waals surface area contributed by atoms with E-state index in [1.54, 1.807) is 6.07 Å². The summed E-state index contributed by atoms with van der Waals surface area (Å²) in [6.07, 6.45) is 0. The summed E-state index contributed by atoms with van der Waals surface area (Å²) >= 11 is 0. The van der Waals surface area contributed by atoms with Crippen molar-refractivity contribution in [2.45, 2.75) is 32.3 Å². The first-order chi connectivity index (χ1) is 18.4. The molecular weight excluding hydrogens is 514 g/mol. The molecule has 9 nitrogen and oxygen atoms in total. The van der Waals surface area contributed by atoms with Gasteiger partial charge in [-0.05, 0) is 75.8 Å². The zero-order chi connectivity index (χ0) is 28.3. The molecule has 1 amide bonds. The number of carbonyl (C=O) groups excluding carboxylic acids is 1. The molecule has 2 heterocycles. The van der Waals surface area contributed by atoms with Crippen LogP contribution in [-0.4, -0.2) is 43.3 Å². The smallest absolute Gasteiger partial charge is 0.281 e. The topological polar surface area (TPSA) is 128 Å². The molecule has 0 radical (unpaired) electrons. The van der Waals surface area contributed by atoms with Crippen molar-refractivity contribution in [2.24, 2.45) is 0 Å². The van der Waals surface area contributed by atoms with Crippen LogP contribution in [0, 0.1) is 20.8 Å². The second kappa shape index (κ2) is 11.2. The second-order valence-corrected chi connectivity index (χ2v) is 11.3. The van der Waals surface area contributed by atoms with Crippen LogP contribution in [0.1, 0.15) is 32.6 Å². The molecule has 0 aliphatic heterocycles. The number of pyridine rings is 2. The fourth-order valence-corrected chi connectivity index (χ4v) is 5.17. The largest absolute Gasteiger partial charge is 0.438 e. The zero-order valence-electron chi connectivity index (χ0n) is 22.5. The second-order valence-electron chi connectivity index (χ2n) is 9.65. The van der Waals surface area contributed by atoms with Crippen molar-refractivity contribution in [1.82, 2.24) is 19.6 Å². The molecule has 0 aliphatic rings. The Morgan fingerprint density at radius 2 is 1.62 bits per heavy atom. The van der Waals surface area contributed by atoms with Gasteiger partial charge in [0, 0.05) is 12.1 Å². The Morgan fingerprint density at radius 1 is 0.949 bits per heavy atom. The quantitative estimate of drug-likeness (QED) is 0.328. The molecule has 3 N–H and O–H groups in total. The van der Waals surface area contributed by atoms with E-state index >= 15 is 0 Å². The van der Waals surface area contributed by atoms with Gasteiger partial charge in [0.25, 0.3) is 15.9 Å². The maximum absolute atomic E-state index is 13.3. The highest BCUT2D eigenvalue weighted by Crippen LogP contribution is 2.32. The molecule has 4 rings (SSSR count). The molecule has 0 fully saturated rings. The van der Waals surface area contributed by atoms with E-state index in [1.807, 2.05) is 71.3 Å². The fraction of sp³-hybridized carbons (Fsp3) is 0.207. The lowest BCUT2D eigenvalue weighted by Gasteiger charge is -2.16. The van der Waals surface area contributed by atoms with Crippen molar-refractivity contribution >= 4 is 21.7 Å². The number of aryl methyl sites for hydroxylation is 3. The van der Waals surface area contributed by atoms with E-state index in [-0.39, 0.29) is 22.3 Å². The van der Waals surface area contributed by atoms with Gasteiger partial charge in [-0.15, -0.1) is 0 Å². The number of carbonyl (C=O) groups is 1. The van der Waals surface area contributed by atoms with Crippen molar-refractivity contribution in [1.29, 1.82) is 0 Å². The van der Waals surface area contributed by atoms with Crippen molar-refractivity contribution in [3.8, 4) is 22.9 Å². The number of hydrogen-bond donors (Lipinski definition) is 2. The Labute approximate surface area is 228 Å². The van der Waals surface area contributed by atoms with Crippen LogP contribution in [0.15, 0.2) is 71.8 Å². The van der Waals surface area contributed by atoms with Crippen molar-refractivity contribution < 1.29 is 17.9 Å². The number of aromatic nitrogens is 2. The Kier molecular flexibility index (Phi) is 7.98. The van der Waals surface area contributed by atoms with Gasteiger partial charge in [0.1, 0.15) is 17.1 Å². The van der Waals surface area contributed by atoms with Crippen LogP contribution in [0.4, 0.5) is 5.82 Å². The fourth-order valence-electron chi connectivity index (χ4n) is 4.23. The molecule has 0 saturated carbocycles. The number of nitrogens with zero attached hydrogens (tertiary/aromatic N) is 3. The van der Waals surface area contributed by atoms with Crippen LogP contribution < -0.4 is 15.2 Å². The van der Waals surface area contributed by atoms with Gasteiger partial charge in [-0.2, -0.15) is 8.42 Å². The lowest BCUT2D eigenvalue weighted by Crippen LogP contribution is -2.31. The Bertz CT molecular complexity index is 1610. The lowest BCUT2D eigenvalue weighted by molar-refractivity contribution is 0.0978. The van der Waals surface area contributed by atoms with E-state index in [9.17, 15) is 13.2 Å². The van der Waals surface area contributed by atoms with Gasteiger partial charge in [-0.1, -0.05) is 48.0 Å². The minimum atomic E-state index is -4.30. The number of anilines is 1. The molecule has 0 unspecified atom stereocenters. The summed E-state index contributed by atoms with van der Waals surface area (Å²) in [7, 11) is -0.295. The molecule has 0 bridgehead atoms. The number of benzene rings is 2. The number of ether oxygens (including phenoxy) is 1. The first-order valence-electron chi connectivity index (χ1n) is 12.2. The monoisotopic (exact) mass is 545 g/mol. The molecular formula is C29H31N5O4S. The average molecular weight is 546 g/mol. The standard InChI is InChI=1S/C29H31N5O4S/c1-18-15-19(2)27(20(3)16-18)38-29-23(28(35)33-39(36,37)26-8-6-7-25(30)32-26)13-14-24(31-29)22-11-9-21(10-12-22)17-34(4)5/h6-16H,17H2,1-5H3,(H2,30,32)(H,33,35). The predicted molar refractivity (Wildman–Crippen MR) is 151 cm³/mol. The molecule has 0 aliphatic carbocycles.